The topological polar surface area (TPSA) is 37.3 Å². The average molecular weight is 463 g/mol. The second kappa shape index (κ2) is 15.4. The molecule has 0 aromatic rings. The van der Waals surface area contributed by atoms with Crippen molar-refractivity contribution in [3.8, 4) is 0 Å². The first-order valence-electron chi connectivity index (χ1n) is 13.9. The van der Waals surface area contributed by atoms with Crippen molar-refractivity contribution >= 4 is 17.5 Å². The number of allylic oxidation sites excluding steroid dienone is 2. The number of hydrogen-bond donors (Lipinski definition) is 1. The van der Waals surface area contributed by atoms with Crippen LogP contribution in [0.15, 0.2) is 23.8 Å². The maximum absolute atomic E-state index is 12.9. The van der Waals surface area contributed by atoms with Crippen LogP contribution in [0.5, 0.6) is 0 Å². The molecule has 2 nitrogen and oxygen atoms in total. The minimum absolute atomic E-state index is 0.233. The molecule has 32 heavy (non-hydrogen) atoms. The molecule has 3 heteroatoms. The first-order chi connectivity index (χ1) is 15.6. The van der Waals surface area contributed by atoms with Gasteiger partial charge in [-0.1, -0.05) is 146 Å². The van der Waals surface area contributed by atoms with E-state index in [9.17, 15) is 9.90 Å². The summed E-state index contributed by atoms with van der Waals surface area (Å²) in [4.78, 5) is 12.0. The molecule has 2 rings (SSSR count). The summed E-state index contributed by atoms with van der Waals surface area (Å²) in [7, 11) is 0. The van der Waals surface area contributed by atoms with Crippen molar-refractivity contribution in [2.75, 3.05) is 0 Å². The molecule has 184 valence electrons. The van der Waals surface area contributed by atoms with Gasteiger partial charge in [-0.2, -0.15) is 0 Å². The van der Waals surface area contributed by atoms with Crippen LogP contribution in [-0.2, 0) is 4.79 Å². The van der Waals surface area contributed by atoms with Gasteiger partial charge in [0, 0.05) is 6.42 Å². The molecule has 2 aliphatic rings. The summed E-state index contributed by atoms with van der Waals surface area (Å²) in [5.74, 6) is 0.233. The molecule has 0 spiro atoms. The summed E-state index contributed by atoms with van der Waals surface area (Å²) in [5.41, 5.74) is 1.23. The Kier molecular flexibility index (Phi) is 13.3. The number of hydrogen-bond acceptors (Lipinski definition) is 3. The molecule has 2 unspecified atom stereocenters. The van der Waals surface area contributed by atoms with E-state index < -0.39 is 9.68 Å². The zero-order valence-corrected chi connectivity index (χ0v) is 22.0. The maximum atomic E-state index is 12.9. The number of carbonyl (C=O) groups excluding carboxylic acids is 1. The fourth-order valence-electron chi connectivity index (χ4n) is 4.95. The predicted octanol–water partition coefficient (Wildman–Crippen LogP) is 9.07. The summed E-state index contributed by atoms with van der Waals surface area (Å²) in [6.07, 6.45) is 31.3. The molecule has 0 bridgehead atoms. The van der Waals surface area contributed by atoms with Gasteiger partial charge >= 0.3 is 0 Å². The van der Waals surface area contributed by atoms with E-state index in [0.29, 0.717) is 6.42 Å². The van der Waals surface area contributed by atoms with E-state index in [1.807, 2.05) is 12.2 Å². The number of aliphatic hydroxyl groups is 1. The molecular formula is C29H50O2S. The third-order valence-corrected chi connectivity index (χ3v) is 8.75. The van der Waals surface area contributed by atoms with Gasteiger partial charge in [-0.15, -0.1) is 0 Å². The molecular weight excluding hydrogens is 412 g/mol. The fraction of sp³-hybridized carbons (Fsp3) is 0.828. The largest absolute Gasteiger partial charge is 0.374 e. The fourth-order valence-corrected chi connectivity index (χ4v) is 6.20. The van der Waals surface area contributed by atoms with E-state index in [1.165, 1.54) is 120 Å². The van der Waals surface area contributed by atoms with Gasteiger partial charge in [0.05, 0.1) is 0 Å². The van der Waals surface area contributed by atoms with Crippen molar-refractivity contribution in [3.05, 3.63) is 23.8 Å². The SMILES string of the molecule is CCCCCCCCCCCCCCCCCC(=O)C12C=C(CCCCC)C=CC1(O)S2. The van der Waals surface area contributed by atoms with E-state index in [2.05, 4.69) is 19.9 Å². The van der Waals surface area contributed by atoms with Crippen LogP contribution >= 0.6 is 11.8 Å². The Bertz CT molecular complexity index is 596. The van der Waals surface area contributed by atoms with E-state index in [4.69, 9.17) is 0 Å². The average Bonchev–Trinajstić information content (AvgIpc) is 3.43. The first kappa shape index (κ1) is 27.7. The number of carbonyl (C=O) groups is 1. The summed E-state index contributed by atoms with van der Waals surface area (Å²) in [6.45, 7) is 4.49. The number of thioether (sulfide) groups is 1. The highest BCUT2D eigenvalue weighted by molar-refractivity contribution is 8.10. The zero-order chi connectivity index (χ0) is 23.1. The number of unbranched alkanes of at least 4 members (excludes halogenated alkanes) is 16. The molecule has 1 saturated heterocycles. The number of fused-ring (bicyclic) bond motifs is 1. The van der Waals surface area contributed by atoms with Crippen molar-refractivity contribution in [2.24, 2.45) is 0 Å². The van der Waals surface area contributed by atoms with Crippen LogP contribution in [0.3, 0.4) is 0 Å². The summed E-state index contributed by atoms with van der Waals surface area (Å²) < 4.78 is -0.667. The second-order valence-corrected chi connectivity index (χ2v) is 11.6. The van der Waals surface area contributed by atoms with Crippen LogP contribution in [0.4, 0.5) is 0 Å². The summed E-state index contributed by atoms with van der Waals surface area (Å²) in [6, 6.07) is 0. The quantitative estimate of drug-likeness (QED) is 0.136. The van der Waals surface area contributed by atoms with Gasteiger partial charge in [-0.3, -0.25) is 4.79 Å². The summed E-state index contributed by atoms with van der Waals surface area (Å²) >= 11 is 1.43. The Morgan fingerprint density at radius 2 is 1.22 bits per heavy atom. The normalized spacial score (nSPS) is 23.8. The van der Waals surface area contributed by atoms with Gasteiger partial charge in [-0.05, 0) is 25.3 Å². The second-order valence-electron chi connectivity index (χ2n) is 10.2. The van der Waals surface area contributed by atoms with Crippen molar-refractivity contribution in [1.29, 1.82) is 0 Å². The monoisotopic (exact) mass is 462 g/mol. The third kappa shape index (κ3) is 9.01. The van der Waals surface area contributed by atoms with Crippen molar-refractivity contribution in [2.45, 2.75) is 152 Å². The predicted molar refractivity (Wildman–Crippen MR) is 141 cm³/mol. The molecule has 0 aromatic carbocycles. The lowest BCUT2D eigenvalue weighted by Gasteiger charge is -2.18. The number of rotatable bonds is 21. The van der Waals surface area contributed by atoms with Gasteiger partial charge in [0.25, 0.3) is 0 Å². The number of ketones is 1. The molecule has 0 aromatic heterocycles. The molecule has 2 atom stereocenters. The van der Waals surface area contributed by atoms with Crippen LogP contribution in [0.2, 0.25) is 0 Å². The third-order valence-electron chi connectivity index (χ3n) is 7.21. The highest BCUT2D eigenvalue weighted by atomic mass is 32.2. The van der Waals surface area contributed by atoms with E-state index in [1.54, 1.807) is 0 Å². The van der Waals surface area contributed by atoms with Crippen LogP contribution in [-0.4, -0.2) is 20.6 Å². The Balaban J connectivity index is 1.47. The summed E-state index contributed by atoms with van der Waals surface area (Å²) in [5, 5.41) is 10.7. The number of Topliss-reactive ketones (excluding diaryl/α,β-unsaturated/α-hetero) is 1. The molecule has 0 radical (unpaired) electrons. The highest BCUT2D eigenvalue weighted by Crippen LogP contribution is 2.66. The standard InChI is InChI=1S/C29H50O2S/c1-3-5-7-8-9-10-11-12-13-14-15-16-17-18-20-22-27(30)28-25-26(21-19-6-4-2)23-24-29(28,31)32-28/h23-25,31H,3-22H2,1-2H3. The van der Waals surface area contributed by atoms with Gasteiger partial charge in [0.2, 0.25) is 0 Å². The minimum atomic E-state index is -0.964. The van der Waals surface area contributed by atoms with Crippen LogP contribution in [0.1, 0.15) is 142 Å². The van der Waals surface area contributed by atoms with Crippen molar-refractivity contribution in [1.82, 2.24) is 0 Å². The molecule has 1 heterocycles. The Morgan fingerprint density at radius 1 is 0.750 bits per heavy atom. The van der Waals surface area contributed by atoms with Crippen molar-refractivity contribution in [3.63, 3.8) is 0 Å². The molecule has 0 saturated carbocycles. The Morgan fingerprint density at radius 3 is 1.75 bits per heavy atom. The van der Waals surface area contributed by atoms with Gasteiger partial charge in [-0.25, -0.2) is 0 Å². The van der Waals surface area contributed by atoms with Crippen LogP contribution < -0.4 is 0 Å². The maximum Gasteiger partial charge on any atom is 0.157 e. The lowest BCUT2D eigenvalue weighted by atomic mass is 9.86. The van der Waals surface area contributed by atoms with E-state index in [0.717, 1.165) is 19.3 Å². The highest BCUT2D eigenvalue weighted by Gasteiger charge is 2.70. The van der Waals surface area contributed by atoms with E-state index in [-0.39, 0.29) is 5.78 Å². The van der Waals surface area contributed by atoms with Crippen molar-refractivity contribution < 1.29 is 9.90 Å². The zero-order valence-electron chi connectivity index (χ0n) is 21.1. The van der Waals surface area contributed by atoms with Crippen LogP contribution in [0, 0.1) is 0 Å². The van der Waals surface area contributed by atoms with Crippen LogP contribution in [0.25, 0.3) is 0 Å². The Labute approximate surface area is 203 Å². The Hall–Kier alpha value is -0.540. The lowest BCUT2D eigenvalue weighted by molar-refractivity contribution is -0.121. The first-order valence-corrected chi connectivity index (χ1v) is 14.8. The van der Waals surface area contributed by atoms with E-state index >= 15 is 0 Å². The smallest absolute Gasteiger partial charge is 0.157 e. The van der Waals surface area contributed by atoms with Gasteiger partial charge in [0.15, 0.2) is 10.7 Å². The molecule has 0 amide bonds. The van der Waals surface area contributed by atoms with Gasteiger partial charge in [0.1, 0.15) is 4.75 Å². The molecule has 1 aliphatic carbocycles. The molecule has 1 aliphatic heterocycles. The minimum Gasteiger partial charge on any atom is -0.374 e. The molecule has 1 fully saturated rings. The van der Waals surface area contributed by atoms with Gasteiger partial charge < -0.3 is 5.11 Å². The molecule has 1 N–H and O–H groups in total. The lowest BCUT2D eigenvalue weighted by Crippen LogP contribution is -2.33.